The maximum Gasteiger partial charge on any atom is 0.249 e. The van der Waals surface area contributed by atoms with Crippen LogP contribution >= 0.6 is 23.2 Å². The van der Waals surface area contributed by atoms with Crippen LogP contribution in [0.25, 0.3) is 22.7 Å². The highest BCUT2D eigenvalue weighted by Crippen LogP contribution is 2.36. The minimum atomic E-state index is 0.547. The van der Waals surface area contributed by atoms with E-state index in [1.54, 1.807) is 21.3 Å². The quantitative estimate of drug-likeness (QED) is 0.496. The first-order valence-corrected chi connectivity index (χ1v) is 9.03. The van der Waals surface area contributed by atoms with Crippen molar-refractivity contribution < 1.29 is 4.42 Å². The molecular weight excluding hydrogens is 373 g/mol. The molecule has 0 atom stereocenters. The normalized spacial score (nSPS) is 11.6. The van der Waals surface area contributed by atoms with Gasteiger partial charge in [0.05, 0.1) is 10.7 Å². The molecule has 3 heterocycles. The number of halogens is 2. The highest BCUT2D eigenvalue weighted by molar-refractivity contribution is 6.36. The van der Waals surface area contributed by atoms with Crippen LogP contribution in [0.15, 0.2) is 22.6 Å². The van der Waals surface area contributed by atoms with E-state index in [9.17, 15) is 0 Å². The Morgan fingerprint density at radius 3 is 2.50 bits per heavy atom. The number of benzene rings is 1. The Balaban J connectivity index is 2.04. The van der Waals surface area contributed by atoms with Crippen LogP contribution in [0.3, 0.4) is 0 Å². The van der Waals surface area contributed by atoms with Gasteiger partial charge in [-0.2, -0.15) is 14.7 Å². The van der Waals surface area contributed by atoms with Gasteiger partial charge >= 0.3 is 0 Å². The molecule has 1 aromatic carbocycles. The molecule has 0 saturated heterocycles. The van der Waals surface area contributed by atoms with Crippen molar-refractivity contribution in [3.63, 3.8) is 0 Å². The maximum absolute atomic E-state index is 6.42. The Labute approximate surface area is 160 Å². The van der Waals surface area contributed by atoms with Crippen molar-refractivity contribution in [3.8, 4) is 16.9 Å². The third-order valence-corrected chi connectivity index (χ3v) is 4.84. The summed E-state index contributed by atoms with van der Waals surface area (Å²) >= 11 is 12.5. The summed E-state index contributed by atoms with van der Waals surface area (Å²) in [5, 5.41) is 10.4. The number of nitrogens with zero attached hydrogens (tertiary/aromatic N) is 5. The fourth-order valence-corrected chi connectivity index (χ4v) is 3.69. The van der Waals surface area contributed by atoms with Gasteiger partial charge in [-0.3, -0.25) is 0 Å². The first-order valence-electron chi connectivity index (χ1n) is 8.27. The zero-order valence-corrected chi connectivity index (χ0v) is 16.4. The molecule has 4 aromatic rings. The van der Waals surface area contributed by atoms with Crippen LogP contribution in [0.4, 0.5) is 0 Å². The lowest BCUT2D eigenvalue weighted by atomic mass is 10.1. The van der Waals surface area contributed by atoms with Crippen molar-refractivity contribution in [3.05, 3.63) is 51.3 Å². The lowest BCUT2D eigenvalue weighted by molar-refractivity contribution is 0.569. The van der Waals surface area contributed by atoms with Crippen LogP contribution in [0, 0.1) is 20.8 Å². The first-order chi connectivity index (χ1) is 12.4. The summed E-state index contributed by atoms with van der Waals surface area (Å²) < 4.78 is 9.66. The Hall–Kier alpha value is -2.31. The third-order valence-electron chi connectivity index (χ3n) is 4.29. The van der Waals surface area contributed by atoms with Crippen LogP contribution < -0.4 is 0 Å². The number of oxazole rings is 1. The zero-order chi connectivity index (χ0) is 18.6. The molecule has 134 valence electrons. The van der Waals surface area contributed by atoms with Gasteiger partial charge in [0.2, 0.25) is 5.71 Å². The minimum absolute atomic E-state index is 0.547. The topological polar surface area (TPSA) is 61.2 Å². The van der Waals surface area contributed by atoms with Gasteiger partial charge in [0, 0.05) is 10.6 Å². The van der Waals surface area contributed by atoms with Crippen LogP contribution in [-0.2, 0) is 6.42 Å². The Kier molecular flexibility index (Phi) is 4.04. The van der Waals surface area contributed by atoms with Crippen molar-refractivity contribution in [2.24, 2.45) is 0 Å². The summed E-state index contributed by atoms with van der Waals surface area (Å²) in [6.45, 7) is 7.72. The number of hydrogen-bond donors (Lipinski definition) is 0. The molecule has 8 heteroatoms. The van der Waals surface area contributed by atoms with E-state index in [1.807, 2.05) is 33.8 Å². The van der Waals surface area contributed by atoms with Crippen molar-refractivity contribution in [1.29, 1.82) is 0 Å². The smallest absolute Gasteiger partial charge is 0.249 e. The molecule has 0 spiro atoms. The molecule has 26 heavy (non-hydrogen) atoms. The fourth-order valence-electron chi connectivity index (χ4n) is 3.19. The number of fused-ring (bicyclic) bond motifs is 1. The van der Waals surface area contributed by atoms with E-state index in [1.165, 1.54) is 0 Å². The van der Waals surface area contributed by atoms with Gasteiger partial charge in [0.1, 0.15) is 23.1 Å². The molecule has 0 aliphatic rings. The average Bonchev–Trinajstić information content (AvgIpc) is 3.18. The standard InChI is InChI=1S/C18H17Cl2N5O/c1-5-15-17(24-11(4)21-10(3)22-24)18-25(23-15)16(9(2)26-18)13-7-6-12(19)8-14(13)20/h6-8H,5H2,1-4H3. The molecule has 0 radical (unpaired) electrons. The van der Waals surface area contributed by atoms with Gasteiger partial charge < -0.3 is 4.42 Å². The molecule has 0 amide bonds. The number of hydrogen-bond acceptors (Lipinski definition) is 4. The van der Waals surface area contributed by atoms with Gasteiger partial charge in [-0.25, -0.2) is 9.67 Å². The van der Waals surface area contributed by atoms with E-state index in [2.05, 4.69) is 10.1 Å². The van der Waals surface area contributed by atoms with Crippen LogP contribution in [0.5, 0.6) is 0 Å². The maximum atomic E-state index is 6.42. The lowest BCUT2D eigenvalue weighted by Crippen LogP contribution is -2.02. The average molecular weight is 390 g/mol. The van der Waals surface area contributed by atoms with E-state index in [4.69, 9.17) is 32.7 Å². The molecule has 0 fully saturated rings. The van der Waals surface area contributed by atoms with Crippen molar-refractivity contribution >= 4 is 28.9 Å². The van der Waals surface area contributed by atoms with Gasteiger partial charge in [-0.1, -0.05) is 30.1 Å². The highest BCUT2D eigenvalue weighted by atomic mass is 35.5. The van der Waals surface area contributed by atoms with Crippen molar-refractivity contribution in [1.82, 2.24) is 24.4 Å². The van der Waals surface area contributed by atoms with Gasteiger partial charge in [0.25, 0.3) is 0 Å². The van der Waals surface area contributed by atoms with Gasteiger partial charge in [-0.15, -0.1) is 0 Å². The first kappa shape index (κ1) is 17.1. The van der Waals surface area contributed by atoms with E-state index >= 15 is 0 Å². The van der Waals surface area contributed by atoms with E-state index < -0.39 is 0 Å². The number of aromatic nitrogens is 5. The summed E-state index contributed by atoms with van der Waals surface area (Å²) in [4.78, 5) is 4.40. The van der Waals surface area contributed by atoms with Gasteiger partial charge in [0.15, 0.2) is 5.69 Å². The van der Waals surface area contributed by atoms with Crippen molar-refractivity contribution in [2.45, 2.75) is 34.1 Å². The molecule has 3 aromatic heterocycles. The summed E-state index contributed by atoms with van der Waals surface area (Å²) in [5.41, 5.74) is 3.93. The minimum Gasteiger partial charge on any atom is -0.439 e. The highest BCUT2D eigenvalue weighted by Gasteiger charge is 2.25. The third kappa shape index (κ3) is 2.52. The predicted molar refractivity (Wildman–Crippen MR) is 101 cm³/mol. The Morgan fingerprint density at radius 2 is 1.88 bits per heavy atom. The van der Waals surface area contributed by atoms with E-state index in [0.717, 1.165) is 40.6 Å². The Morgan fingerprint density at radius 1 is 1.12 bits per heavy atom. The van der Waals surface area contributed by atoms with Crippen LogP contribution in [-0.4, -0.2) is 24.4 Å². The second kappa shape index (κ2) is 6.14. The fraction of sp³-hybridized carbons (Fsp3) is 0.278. The predicted octanol–water partition coefficient (Wildman–Crippen LogP) is 4.97. The van der Waals surface area contributed by atoms with Crippen LogP contribution in [0.2, 0.25) is 10.0 Å². The Bertz CT molecular complexity index is 1140. The zero-order valence-electron chi connectivity index (χ0n) is 14.8. The second-order valence-electron chi connectivity index (χ2n) is 6.11. The van der Waals surface area contributed by atoms with Crippen molar-refractivity contribution in [2.75, 3.05) is 0 Å². The number of aryl methyl sites for hydroxylation is 4. The molecule has 6 nitrogen and oxygen atoms in total. The SMILES string of the molecule is CCc1nn2c(-c3ccc(Cl)cc3Cl)c(C)oc2c1-n1nc(C)nc1C. The molecular formula is C18H17Cl2N5O. The van der Waals surface area contributed by atoms with E-state index in [0.29, 0.717) is 21.6 Å². The number of rotatable bonds is 3. The molecule has 4 rings (SSSR count). The summed E-state index contributed by atoms with van der Waals surface area (Å²) in [6.07, 6.45) is 0.734. The molecule has 0 bridgehead atoms. The summed E-state index contributed by atoms with van der Waals surface area (Å²) in [5.74, 6) is 2.20. The summed E-state index contributed by atoms with van der Waals surface area (Å²) in [7, 11) is 0. The molecule has 0 aliphatic heterocycles. The lowest BCUT2D eigenvalue weighted by Gasteiger charge is -2.03. The largest absolute Gasteiger partial charge is 0.439 e. The molecule has 0 unspecified atom stereocenters. The summed E-state index contributed by atoms with van der Waals surface area (Å²) in [6, 6.07) is 5.39. The molecule has 0 N–H and O–H groups in total. The monoisotopic (exact) mass is 389 g/mol. The molecule has 0 saturated carbocycles. The van der Waals surface area contributed by atoms with Crippen LogP contribution in [0.1, 0.15) is 30.0 Å². The van der Waals surface area contributed by atoms with E-state index in [-0.39, 0.29) is 0 Å². The van der Waals surface area contributed by atoms with Gasteiger partial charge in [-0.05, 0) is 45.4 Å². The molecule has 0 aliphatic carbocycles. The second-order valence-corrected chi connectivity index (χ2v) is 6.96.